The highest BCUT2D eigenvalue weighted by atomic mass is 32.2. The molecule has 1 atom stereocenters. The summed E-state index contributed by atoms with van der Waals surface area (Å²) in [6.45, 7) is 4.10. The molecule has 0 aliphatic carbocycles. The van der Waals surface area contributed by atoms with Crippen molar-refractivity contribution in [3.63, 3.8) is 0 Å². The summed E-state index contributed by atoms with van der Waals surface area (Å²) in [7, 11) is 1.71. The van der Waals surface area contributed by atoms with Crippen LogP contribution in [0.4, 0.5) is 0 Å². The molecule has 0 amide bonds. The number of hydrogen-bond donors (Lipinski definition) is 1. The van der Waals surface area contributed by atoms with E-state index in [0.717, 1.165) is 17.1 Å². The van der Waals surface area contributed by atoms with Gasteiger partial charge < -0.3 is 10.5 Å². The lowest BCUT2D eigenvalue weighted by molar-refractivity contribution is 0.411. The molecule has 2 aromatic rings. The van der Waals surface area contributed by atoms with Crippen molar-refractivity contribution in [2.24, 2.45) is 5.73 Å². The van der Waals surface area contributed by atoms with Gasteiger partial charge in [-0.2, -0.15) is 0 Å². The standard InChI is InChI=1S/C17H21NOS/c1-12-4-7-16(8-5-12)20-11-15-10-14(13(2)18)6-9-17(15)19-3/h4-10,13H,11,18H2,1-3H3. The molecular formula is C17H21NOS. The highest BCUT2D eigenvalue weighted by Crippen LogP contribution is 2.30. The van der Waals surface area contributed by atoms with Crippen molar-refractivity contribution in [3.8, 4) is 5.75 Å². The van der Waals surface area contributed by atoms with Crippen LogP contribution in [0.1, 0.15) is 29.7 Å². The molecule has 0 aliphatic rings. The number of nitrogens with two attached hydrogens (primary N) is 1. The lowest BCUT2D eigenvalue weighted by Gasteiger charge is -2.12. The fourth-order valence-corrected chi connectivity index (χ4v) is 2.87. The molecule has 0 bridgehead atoms. The van der Waals surface area contributed by atoms with Crippen LogP contribution in [0.2, 0.25) is 0 Å². The SMILES string of the molecule is COc1ccc(C(C)N)cc1CSc1ccc(C)cc1. The van der Waals surface area contributed by atoms with E-state index in [4.69, 9.17) is 10.5 Å². The molecule has 20 heavy (non-hydrogen) atoms. The Bertz CT molecular complexity index is 564. The second-order valence-electron chi connectivity index (χ2n) is 4.96. The fraction of sp³-hybridized carbons (Fsp3) is 0.294. The first kappa shape index (κ1) is 14.9. The minimum absolute atomic E-state index is 0.0454. The summed E-state index contributed by atoms with van der Waals surface area (Å²) in [5.74, 6) is 1.81. The first-order chi connectivity index (χ1) is 9.60. The fourth-order valence-electron chi connectivity index (χ4n) is 1.99. The van der Waals surface area contributed by atoms with Crippen LogP contribution in [0, 0.1) is 6.92 Å². The number of aryl methyl sites for hydroxylation is 1. The third-order valence-corrected chi connectivity index (χ3v) is 4.31. The predicted octanol–water partition coefficient (Wildman–Crippen LogP) is 4.32. The largest absolute Gasteiger partial charge is 0.496 e. The van der Waals surface area contributed by atoms with Crippen LogP contribution in [0.15, 0.2) is 47.4 Å². The summed E-state index contributed by atoms with van der Waals surface area (Å²) in [6, 6.07) is 14.8. The van der Waals surface area contributed by atoms with Crippen LogP contribution in [0.25, 0.3) is 0 Å². The monoisotopic (exact) mass is 287 g/mol. The van der Waals surface area contributed by atoms with Crippen molar-refractivity contribution >= 4 is 11.8 Å². The van der Waals surface area contributed by atoms with Gasteiger partial charge in [0.1, 0.15) is 5.75 Å². The Morgan fingerprint density at radius 1 is 1.15 bits per heavy atom. The average Bonchev–Trinajstić information content (AvgIpc) is 2.46. The maximum atomic E-state index is 5.95. The van der Waals surface area contributed by atoms with Gasteiger partial charge in [0, 0.05) is 22.3 Å². The molecule has 2 rings (SSSR count). The lowest BCUT2D eigenvalue weighted by atomic mass is 10.1. The van der Waals surface area contributed by atoms with Gasteiger partial charge in [-0.25, -0.2) is 0 Å². The van der Waals surface area contributed by atoms with E-state index in [1.165, 1.54) is 16.0 Å². The number of methoxy groups -OCH3 is 1. The van der Waals surface area contributed by atoms with Crippen molar-refractivity contribution in [3.05, 3.63) is 59.2 Å². The smallest absolute Gasteiger partial charge is 0.122 e. The zero-order valence-corrected chi connectivity index (χ0v) is 13.0. The van der Waals surface area contributed by atoms with Crippen LogP contribution in [0.3, 0.4) is 0 Å². The molecule has 0 saturated carbocycles. The molecule has 0 aliphatic heterocycles. The number of ether oxygens (including phenoxy) is 1. The molecule has 0 spiro atoms. The zero-order valence-electron chi connectivity index (χ0n) is 12.2. The first-order valence-electron chi connectivity index (χ1n) is 6.72. The van der Waals surface area contributed by atoms with Gasteiger partial charge in [0.15, 0.2) is 0 Å². The molecule has 2 aromatic carbocycles. The average molecular weight is 287 g/mol. The minimum atomic E-state index is 0.0454. The maximum Gasteiger partial charge on any atom is 0.122 e. The molecule has 0 saturated heterocycles. The summed E-state index contributed by atoms with van der Waals surface area (Å²) in [5, 5.41) is 0. The molecule has 2 N–H and O–H groups in total. The van der Waals surface area contributed by atoms with Gasteiger partial charge in [-0.05, 0) is 43.7 Å². The number of rotatable bonds is 5. The van der Waals surface area contributed by atoms with Crippen molar-refractivity contribution in [2.45, 2.75) is 30.5 Å². The predicted molar refractivity (Wildman–Crippen MR) is 86.3 cm³/mol. The summed E-state index contributed by atoms with van der Waals surface area (Å²) < 4.78 is 5.43. The first-order valence-corrected chi connectivity index (χ1v) is 7.70. The molecule has 0 radical (unpaired) electrons. The molecule has 3 heteroatoms. The minimum Gasteiger partial charge on any atom is -0.496 e. The van der Waals surface area contributed by atoms with Crippen molar-refractivity contribution < 1.29 is 4.74 Å². The van der Waals surface area contributed by atoms with Crippen molar-refractivity contribution in [1.29, 1.82) is 0 Å². The van der Waals surface area contributed by atoms with Gasteiger partial charge in [0.25, 0.3) is 0 Å². The molecule has 1 unspecified atom stereocenters. The van der Waals surface area contributed by atoms with Gasteiger partial charge in [0.2, 0.25) is 0 Å². The van der Waals surface area contributed by atoms with E-state index in [-0.39, 0.29) is 6.04 Å². The number of hydrogen-bond acceptors (Lipinski definition) is 3. The van der Waals surface area contributed by atoms with Crippen molar-refractivity contribution in [1.82, 2.24) is 0 Å². The second kappa shape index (κ2) is 6.82. The van der Waals surface area contributed by atoms with Gasteiger partial charge >= 0.3 is 0 Å². The normalized spacial score (nSPS) is 12.2. The molecule has 0 aromatic heterocycles. The Morgan fingerprint density at radius 3 is 2.45 bits per heavy atom. The van der Waals surface area contributed by atoms with Gasteiger partial charge in [0.05, 0.1) is 7.11 Å². The van der Waals surface area contributed by atoms with Gasteiger partial charge in [-0.1, -0.05) is 23.8 Å². The van der Waals surface area contributed by atoms with E-state index >= 15 is 0 Å². The molecule has 0 fully saturated rings. The topological polar surface area (TPSA) is 35.2 Å². The van der Waals surface area contributed by atoms with E-state index < -0.39 is 0 Å². The highest BCUT2D eigenvalue weighted by molar-refractivity contribution is 7.98. The molecule has 106 valence electrons. The van der Waals surface area contributed by atoms with Crippen LogP contribution in [-0.4, -0.2) is 7.11 Å². The Morgan fingerprint density at radius 2 is 1.85 bits per heavy atom. The third-order valence-electron chi connectivity index (χ3n) is 3.25. The Balaban J connectivity index is 2.14. The Kier molecular flexibility index (Phi) is 5.10. The van der Waals surface area contributed by atoms with Gasteiger partial charge in [-0.15, -0.1) is 11.8 Å². The summed E-state index contributed by atoms with van der Waals surface area (Å²) in [4.78, 5) is 1.27. The molecule has 0 heterocycles. The van der Waals surface area contributed by atoms with Crippen molar-refractivity contribution in [2.75, 3.05) is 7.11 Å². The molecule has 2 nitrogen and oxygen atoms in total. The highest BCUT2D eigenvalue weighted by Gasteiger charge is 2.07. The lowest BCUT2D eigenvalue weighted by Crippen LogP contribution is -2.05. The maximum absolute atomic E-state index is 5.95. The summed E-state index contributed by atoms with van der Waals surface area (Å²) in [5.41, 5.74) is 9.57. The quantitative estimate of drug-likeness (QED) is 0.832. The van der Waals surface area contributed by atoms with E-state index in [0.29, 0.717) is 0 Å². The van der Waals surface area contributed by atoms with Crippen LogP contribution >= 0.6 is 11.8 Å². The Labute approximate surface area is 125 Å². The van der Waals surface area contributed by atoms with E-state index in [1.807, 2.05) is 30.8 Å². The Hall–Kier alpha value is -1.45. The summed E-state index contributed by atoms with van der Waals surface area (Å²) in [6.07, 6.45) is 0. The third kappa shape index (κ3) is 3.78. The molecular weight excluding hydrogens is 266 g/mol. The van der Waals surface area contributed by atoms with E-state index in [2.05, 4.69) is 37.3 Å². The zero-order chi connectivity index (χ0) is 14.5. The number of thioether (sulfide) groups is 1. The number of benzene rings is 2. The van der Waals surface area contributed by atoms with E-state index in [1.54, 1.807) is 7.11 Å². The van der Waals surface area contributed by atoms with Gasteiger partial charge in [-0.3, -0.25) is 0 Å². The van der Waals surface area contributed by atoms with E-state index in [9.17, 15) is 0 Å². The second-order valence-corrected chi connectivity index (χ2v) is 6.01. The summed E-state index contributed by atoms with van der Waals surface area (Å²) >= 11 is 1.81. The van der Waals surface area contributed by atoms with Crippen LogP contribution < -0.4 is 10.5 Å². The van der Waals surface area contributed by atoms with Crippen LogP contribution in [-0.2, 0) is 5.75 Å². The van der Waals surface area contributed by atoms with Crippen LogP contribution in [0.5, 0.6) is 5.75 Å².